The third-order valence-corrected chi connectivity index (χ3v) is 3.39. The summed E-state index contributed by atoms with van der Waals surface area (Å²) in [5.41, 5.74) is 1.39. The Bertz CT molecular complexity index is 914. The second kappa shape index (κ2) is 5.25. The van der Waals surface area contributed by atoms with Gasteiger partial charge in [0.15, 0.2) is 11.5 Å². The van der Waals surface area contributed by atoms with E-state index in [0.29, 0.717) is 17.9 Å². The molecule has 3 rings (SSSR count). The molecule has 0 saturated heterocycles. The van der Waals surface area contributed by atoms with Crippen LogP contribution in [0.25, 0.3) is 16.7 Å². The zero-order valence-electron chi connectivity index (χ0n) is 12.5. The zero-order chi connectivity index (χ0) is 15.9. The molecule has 3 aromatic rings. The number of halogens is 1. The SMILES string of the molecule is CCOc1nc2nn(-c3c(C)ccc(C)c3F)cc2c(=O)[nH]1. The van der Waals surface area contributed by atoms with Crippen molar-refractivity contribution in [3.8, 4) is 11.7 Å². The van der Waals surface area contributed by atoms with E-state index < -0.39 is 0 Å². The lowest BCUT2D eigenvalue weighted by Crippen LogP contribution is -2.09. The van der Waals surface area contributed by atoms with Crippen molar-refractivity contribution >= 4 is 11.0 Å². The van der Waals surface area contributed by atoms with Crippen molar-refractivity contribution in [2.24, 2.45) is 0 Å². The van der Waals surface area contributed by atoms with Gasteiger partial charge in [-0.3, -0.25) is 9.78 Å². The fourth-order valence-electron chi connectivity index (χ4n) is 2.26. The topological polar surface area (TPSA) is 72.8 Å². The summed E-state index contributed by atoms with van der Waals surface area (Å²) in [6.07, 6.45) is 1.47. The van der Waals surface area contributed by atoms with E-state index in [2.05, 4.69) is 15.1 Å². The molecule has 7 heteroatoms. The van der Waals surface area contributed by atoms with Gasteiger partial charge in [0, 0.05) is 6.20 Å². The first-order valence-corrected chi connectivity index (χ1v) is 6.89. The molecule has 22 heavy (non-hydrogen) atoms. The number of aromatic nitrogens is 4. The number of nitrogens with one attached hydrogen (secondary N) is 1. The molecule has 0 spiro atoms. The van der Waals surface area contributed by atoms with Crippen molar-refractivity contribution in [2.75, 3.05) is 6.61 Å². The minimum atomic E-state index is -0.370. The van der Waals surface area contributed by atoms with Gasteiger partial charge in [0.25, 0.3) is 11.6 Å². The minimum Gasteiger partial charge on any atom is -0.465 e. The molecule has 0 saturated carbocycles. The second-order valence-electron chi connectivity index (χ2n) is 4.98. The van der Waals surface area contributed by atoms with Crippen molar-refractivity contribution in [2.45, 2.75) is 20.8 Å². The van der Waals surface area contributed by atoms with Crippen molar-refractivity contribution in [3.05, 3.63) is 45.6 Å². The van der Waals surface area contributed by atoms with Gasteiger partial charge in [-0.05, 0) is 31.9 Å². The number of ether oxygens (including phenoxy) is 1. The summed E-state index contributed by atoms with van der Waals surface area (Å²) >= 11 is 0. The number of aromatic amines is 1. The second-order valence-corrected chi connectivity index (χ2v) is 4.98. The molecule has 0 aliphatic carbocycles. The number of rotatable bonds is 3. The van der Waals surface area contributed by atoms with Crippen LogP contribution >= 0.6 is 0 Å². The average molecular weight is 302 g/mol. The summed E-state index contributed by atoms with van der Waals surface area (Å²) in [5.74, 6) is -0.366. The van der Waals surface area contributed by atoms with Gasteiger partial charge in [0.2, 0.25) is 0 Å². The summed E-state index contributed by atoms with van der Waals surface area (Å²) in [4.78, 5) is 18.7. The summed E-state index contributed by atoms with van der Waals surface area (Å²) < 4.78 is 20.9. The van der Waals surface area contributed by atoms with E-state index in [4.69, 9.17) is 4.74 Å². The zero-order valence-corrected chi connectivity index (χ0v) is 12.5. The Hall–Kier alpha value is -2.70. The van der Waals surface area contributed by atoms with Crippen LogP contribution in [0.4, 0.5) is 4.39 Å². The highest BCUT2D eigenvalue weighted by Gasteiger charge is 2.15. The molecule has 1 aromatic carbocycles. The van der Waals surface area contributed by atoms with Gasteiger partial charge in [-0.1, -0.05) is 12.1 Å². The minimum absolute atomic E-state index is 0.103. The van der Waals surface area contributed by atoms with E-state index in [1.165, 1.54) is 10.9 Å². The summed E-state index contributed by atoms with van der Waals surface area (Å²) in [6, 6.07) is 3.62. The fraction of sp³-hybridized carbons (Fsp3) is 0.267. The predicted octanol–water partition coefficient (Wildman–Crippen LogP) is 2.26. The van der Waals surface area contributed by atoms with Gasteiger partial charge in [-0.25, -0.2) is 9.07 Å². The quantitative estimate of drug-likeness (QED) is 0.805. The molecule has 0 aliphatic rings. The number of hydrogen-bond acceptors (Lipinski definition) is 4. The van der Waals surface area contributed by atoms with Gasteiger partial charge in [0.1, 0.15) is 11.1 Å². The lowest BCUT2D eigenvalue weighted by Gasteiger charge is -2.08. The van der Waals surface area contributed by atoms with E-state index in [-0.39, 0.29) is 28.4 Å². The van der Waals surface area contributed by atoms with Crippen LogP contribution < -0.4 is 10.3 Å². The molecule has 6 nitrogen and oxygen atoms in total. The van der Waals surface area contributed by atoms with Gasteiger partial charge in [-0.2, -0.15) is 4.98 Å². The summed E-state index contributed by atoms with van der Waals surface area (Å²) in [6.45, 7) is 5.63. The van der Waals surface area contributed by atoms with E-state index in [1.54, 1.807) is 26.8 Å². The Balaban J connectivity index is 2.24. The third-order valence-electron chi connectivity index (χ3n) is 3.39. The molecule has 114 valence electrons. The van der Waals surface area contributed by atoms with Crippen LogP contribution in [0.15, 0.2) is 23.1 Å². The van der Waals surface area contributed by atoms with Gasteiger partial charge >= 0.3 is 0 Å². The molecule has 2 heterocycles. The normalized spacial score (nSPS) is 11.1. The van der Waals surface area contributed by atoms with Crippen LogP contribution in [0.5, 0.6) is 6.01 Å². The van der Waals surface area contributed by atoms with E-state index >= 15 is 0 Å². The van der Waals surface area contributed by atoms with E-state index in [1.807, 2.05) is 6.07 Å². The molecular formula is C15H15FN4O2. The molecule has 0 unspecified atom stereocenters. The Labute approximate surface area is 125 Å². The number of fused-ring (bicyclic) bond motifs is 1. The lowest BCUT2D eigenvalue weighted by molar-refractivity contribution is 0.313. The molecule has 0 bridgehead atoms. The van der Waals surface area contributed by atoms with Crippen molar-refractivity contribution in [1.82, 2.24) is 19.7 Å². The Morgan fingerprint density at radius 2 is 2.05 bits per heavy atom. The first kappa shape index (κ1) is 14.2. The first-order valence-electron chi connectivity index (χ1n) is 6.89. The maximum Gasteiger partial charge on any atom is 0.298 e. The first-order chi connectivity index (χ1) is 10.5. The maximum absolute atomic E-state index is 14.4. The molecular weight excluding hydrogens is 287 g/mol. The van der Waals surface area contributed by atoms with Crippen LogP contribution in [0.1, 0.15) is 18.1 Å². The van der Waals surface area contributed by atoms with Crippen molar-refractivity contribution in [1.29, 1.82) is 0 Å². The van der Waals surface area contributed by atoms with Crippen LogP contribution in [0.2, 0.25) is 0 Å². The predicted molar refractivity (Wildman–Crippen MR) is 80.1 cm³/mol. The van der Waals surface area contributed by atoms with Crippen LogP contribution in [-0.2, 0) is 0 Å². The van der Waals surface area contributed by atoms with Crippen molar-refractivity contribution in [3.63, 3.8) is 0 Å². The number of benzene rings is 1. The van der Waals surface area contributed by atoms with Gasteiger partial charge < -0.3 is 4.74 Å². The largest absolute Gasteiger partial charge is 0.465 e. The molecule has 1 N–H and O–H groups in total. The highest BCUT2D eigenvalue weighted by Crippen LogP contribution is 2.22. The lowest BCUT2D eigenvalue weighted by atomic mass is 10.1. The molecule has 0 fully saturated rings. The Morgan fingerprint density at radius 3 is 2.77 bits per heavy atom. The maximum atomic E-state index is 14.4. The number of nitrogens with zero attached hydrogens (tertiary/aromatic N) is 3. The summed E-state index contributed by atoms with van der Waals surface area (Å²) in [7, 11) is 0. The monoisotopic (exact) mass is 302 g/mol. The van der Waals surface area contributed by atoms with Crippen molar-refractivity contribution < 1.29 is 9.13 Å². The Morgan fingerprint density at radius 1 is 1.32 bits per heavy atom. The van der Waals surface area contributed by atoms with Gasteiger partial charge in [0.05, 0.1) is 6.61 Å². The summed E-state index contributed by atoms with van der Waals surface area (Å²) in [5, 5.41) is 4.50. The average Bonchev–Trinajstić information content (AvgIpc) is 2.88. The van der Waals surface area contributed by atoms with Crippen LogP contribution in [-0.4, -0.2) is 26.4 Å². The molecule has 0 aliphatic heterocycles. The molecule has 0 amide bonds. The standard InChI is InChI=1S/C15H15FN4O2/c1-4-22-15-17-13-10(14(21)18-15)7-20(19-13)12-9(3)6-5-8(2)11(12)16/h5-7H,4H2,1-3H3,(H,17,18,19,21). The molecule has 0 radical (unpaired) electrons. The smallest absolute Gasteiger partial charge is 0.298 e. The highest BCUT2D eigenvalue weighted by molar-refractivity contribution is 5.73. The number of hydrogen-bond donors (Lipinski definition) is 1. The fourth-order valence-corrected chi connectivity index (χ4v) is 2.26. The molecule has 2 aromatic heterocycles. The number of H-pyrrole nitrogens is 1. The Kier molecular flexibility index (Phi) is 3.40. The van der Waals surface area contributed by atoms with E-state index in [0.717, 1.165) is 5.56 Å². The third kappa shape index (κ3) is 2.24. The highest BCUT2D eigenvalue weighted by atomic mass is 19.1. The molecule has 0 atom stereocenters. The van der Waals surface area contributed by atoms with Crippen LogP contribution in [0, 0.1) is 19.7 Å². The van der Waals surface area contributed by atoms with Gasteiger partial charge in [-0.15, -0.1) is 5.10 Å². The number of aryl methyl sites for hydroxylation is 2. The van der Waals surface area contributed by atoms with Crippen LogP contribution in [0.3, 0.4) is 0 Å². The van der Waals surface area contributed by atoms with E-state index in [9.17, 15) is 9.18 Å².